The van der Waals surface area contributed by atoms with Gasteiger partial charge in [-0.05, 0) is 63.4 Å². The molecular formula is C19H30Cl2N4. The van der Waals surface area contributed by atoms with Gasteiger partial charge in [0.25, 0.3) is 0 Å². The first-order chi connectivity index (χ1) is 12.1. The molecule has 0 radical (unpaired) electrons. The molecule has 0 bridgehead atoms. The average Bonchev–Trinajstić information content (AvgIpc) is 2.63. The molecule has 4 nitrogen and oxygen atoms in total. The SMILES string of the molecule is CC/C(Cl)=C(Cl)\C=C/CCNCNCCCc1ccc(C)c(NC)n1. The van der Waals surface area contributed by atoms with Gasteiger partial charge in [0, 0.05) is 24.4 Å². The molecular weight excluding hydrogens is 355 g/mol. The van der Waals surface area contributed by atoms with Crippen LogP contribution in [0.4, 0.5) is 5.82 Å². The van der Waals surface area contributed by atoms with E-state index >= 15 is 0 Å². The molecule has 0 saturated carbocycles. The number of hydrogen-bond donors (Lipinski definition) is 3. The number of anilines is 1. The van der Waals surface area contributed by atoms with Gasteiger partial charge >= 0.3 is 0 Å². The van der Waals surface area contributed by atoms with Crippen molar-refractivity contribution in [1.82, 2.24) is 15.6 Å². The molecule has 1 rings (SSSR count). The first kappa shape index (κ1) is 22.0. The third-order valence-corrected chi connectivity index (χ3v) is 4.67. The van der Waals surface area contributed by atoms with Crippen molar-refractivity contribution >= 4 is 29.0 Å². The molecule has 0 aromatic carbocycles. The topological polar surface area (TPSA) is 49.0 Å². The lowest BCUT2D eigenvalue weighted by atomic mass is 10.2. The number of aromatic nitrogens is 1. The van der Waals surface area contributed by atoms with E-state index in [9.17, 15) is 0 Å². The molecule has 0 saturated heterocycles. The number of allylic oxidation sites excluding steroid dienone is 3. The van der Waals surface area contributed by atoms with Crippen molar-refractivity contribution in [2.45, 2.75) is 39.5 Å². The van der Waals surface area contributed by atoms with E-state index in [0.29, 0.717) is 10.1 Å². The van der Waals surface area contributed by atoms with Crippen LogP contribution in [-0.4, -0.2) is 31.8 Å². The van der Waals surface area contributed by atoms with Crippen LogP contribution in [0.5, 0.6) is 0 Å². The zero-order valence-electron chi connectivity index (χ0n) is 15.5. The Hall–Kier alpha value is -1.07. The van der Waals surface area contributed by atoms with Crippen LogP contribution in [0.1, 0.15) is 37.4 Å². The van der Waals surface area contributed by atoms with Crippen molar-refractivity contribution < 1.29 is 0 Å². The maximum absolute atomic E-state index is 6.03. The lowest BCUT2D eigenvalue weighted by Crippen LogP contribution is -2.30. The van der Waals surface area contributed by atoms with Gasteiger partial charge in [0.2, 0.25) is 0 Å². The van der Waals surface area contributed by atoms with Gasteiger partial charge in [-0.2, -0.15) is 0 Å². The van der Waals surface area contributed by atoms with Crippen LogP contribution in [0.25, 0.3) is 0 Å². The maximum Gasteiger partial charge on any atom is 0.128 e. The van der Waals surface area contributed by atoms with Crippen molar-refractivity contribution in [3.8, 4) is 0 Å². The van der Waals surface area contributed by atoms with Gasteiger partial charge in [0.05, 0.1) is 5.03 Å². The summed E-state index contributed by atoms with van der Waals surface area (Å²) in [4.78, 5) is 4.61. The lowest BCUT2D eigenvalue weighted by Gasteiger charge is -2.08. The van der Waals surface area contributed by atoms with Crippen molar-refractivity contribution in [3.63, 3.8) is 0 Å². The van der Waals surface area contributed by atoms with Crippen molar-refractivity contribution in [2.24, 2.45) is 0 Å². The number of aryl methyl sites for hydroxylation is 2. The van der Waals surface area contributed by atoms with E-state index in [1.165, 1.54) is 5.56 Å². The monoisotopic (exact) mass is 384 g/mol. The van der Waals surface area contributed by atoms with E-state index in [-0.39, 0.29) is 0 Å². The highest BCUT2D eigenvalue weighted by molar-refractivity contribution is 6.40. The number of nitrogens with zero attached hydrogens (tertiary/aromatic N) is 1. The Balaban J connectivity index is 2.07. The van der Waals surface area contributed by atoms with Gasteiger partial charge in [-0.3, -0.25) is 0 Å². The number of halogens is 2. The van der Waals surface area contributed by atoms with Crippen molar-refractivity contribution in [3.05, 3.63) is 45.6 Å². The molecule has 0 unspecified atom stereocenters. The van der Waals surface area contributed by atoms with Gasteiger partial charge in [-0.25, -0.2) is 4.98 Å². The molecule has 0 aliphatic rings. The van der Waals surface area contributed by atoms with E-state index in [4.69, 9.17) is 23.2 Å². The highest BCUT2D eigenvalue weighted by Gasteiger charge is 2.00. The lowest BCUT2D eigenvalue weighted by molar-refractivity contribution is 0.571. The predicted octanol–water partition coefficient (Wildman–Crippen LogP) is 4.55. The number of nitrogens with one attached hydrogen (secondary N) is 3. The van der Waals surface area contributed by atoms with E-state index in [2.05, 4.69) is 40.0 Å². The van der Waals surface area contributed by atoms with Crippen LogP contribution in [0.15, 0.2) is 34.3 Å². The summed E-state index contributed by atoms with van der Waals surface area (Å²) in [5.41, 5.74) is 2.31. The molecule has 25 heavy (non-hydrogen) atoms. The quantitative estimate of drug-likeness (QED) is 0.281. The summed E-state index contributed by atoms with van der Waals surface area (Å²) in [6.45, 7) is 6.72. The van der Waals surface area contributed by atoms with Crippen molar-refractivity contribution in [2.75, 3.05) is 32.1 Å². The molecule has 1 aromatic rings. The largest absolute Gasteiger partial charge is 0.373 e. The summed E-state index contributed by atoms with van der Waals surface area (Å²) >= 11 is 12.0. The van der Waals surface area contributed by atoms with E-state index < -0.39 is 0 Å². The summed E-state index contributed by atoms with van der Waals surface area (Å²) in [6.07, 6.45) is 7.64. The van der Waals surface area contributed by atoms with Gasteiger partial charge < -0.3 is 16.0 Å². The molecule has 6 heteroatoms. The predicted molar refractivity (Wildman–Crippen MR) is 110 cm³/mol. The number of pyridine rings is 1. The van der Waals surface area contributed by atoms with Crippen LogP contribution in [0.3, 0.4) is 0 Å². The van der Waals surface area contributed by atoms with Gasteiger partial charge in [-0.15, -0.1) is 0 Å². The molecule has 0 aliphatic heterocycles. The van der Waals surface area contributed by atoms with Crippen LogP contribution in [0.2, 0.25) is 0 Å². The Morgan fingerprint density at radius 3 is 2.68 bits per heavy atom. The van der Waals surface area contributed by atoms with Crippen LogP contribution >= 0.6 is 23.2 Å². The zero-order valence-corrected chi connectivity index (χ0v) is 17.0. The molecule has 0 spiro atoms. The van der Waals surface area contributed by atoms with E-state index in [1.807, 2.05) is 26.1 Å². The molecule has 1 aromatic heterocycles. The minimum Gasteiger partial charge on any atom is -0.373 e. The summed E-state index contributed by atoms with van der Waals surface area (Å²) in [5.74, 6) is 0.968. The Morgan fingerprint density at radius 2 is 1.96 bits per heavy atom. The number of hydrogen-bond acceptors (Lipinski definition) is 4. The Labute approximate surface area is 162 Å². The highest BCUT2D eigenvalue weighted by atomic mass is 35.5. The average molecular weight is 385 g/mol. The van der Waals surface area contributed by atoms with Crippen LogP contribution in [-0.2, 0) is 6.42 Å². The molecule has 0 aliphatic carbocycles. The first-order valence-electron chi connectivity index (χ1n) is 8.84. The van der Waals surface area contributed by atoms with E-state index in [0.717, 1.165) is 57.0 Å². The molecule has 0 amide bonds. The maximum atomic E-state index is 6.03. The molecule has 140 valence electrons. The highest BCUT2D eigenvalue weighted by Crippen LogP contribution is 2.18. The number of rotatable bonds is 12. The fourth-order valence-electron chi connectivity index (χ4n) is 2.25. The third kappa shape index (κ3) is 9.26. The Morgan fingerprint density at radius 1 is 1.20 bits per heavy atom. The minimum absolute atomic E-state index is 0.633. The summed E-state index contributed by atoms with van der Waals surface area (Å²) in [6, 6.07) is 4.22. The normalized spacial score (nSPS) is 12.5. The summed E-state index contributed by atoms with van der Waals surface area (Å²) in [5, 5.41) is 11.2. The smallest absolute Gasteiger partial charge is 0.128 e. The molecule has 0 fully saturated rings. The second kappa shape index (κ2) is 13.2. The molecule has 3 N–H and O–H groups in total. The first-order valence-corrected chi connectivity index (χ1v) is 9.60. The second-order valence-electron chi connectivity index (χ2n) is 5.80. The van der Waals surface area contributed by atoms with Gasteiger partial charge in [0.15, 0.2) is 0 Å². The fraction of sp³-hybridized carbons (Fsp3) is 0.526. The Bertz CT molecular complexity index is 571. The van der Waals surface area contributed by atoms with Crippen molar-refractivity contribution in [1.29, 1.82) is 0 Å². The van der Waals surface area contributed by atoms with E-state index in [1.54, 1.807) is 0 Å². The summed E-state index contributed by atoms with van der Waals surface area (Å²) < 4.78 is 0. The Kier molecular flexibility index (Phi) is 11.6. The minimum atomic E-state index is 0.633. The second-order valence-corrected chi connectivity index (χ2v) is 6.66. The van der Waals surface area contributed by atoms with Gasteiger partial charge in [-0.1, -0.05) is 42.3 Å². The zero-order chi connectivity index (χ0) is 18.5. The molecule has 1 heterocycles. The van der Waals surface area contributed by atoms with Crippen LogP contribution < -0.4 is 16.0 Å². The van der Waals surface area contributed by atoms with Crippen LogP contribution in [0, 0.1) is 6.92 Å². The van der Waals surface area contributed by atoms with Gasteiger partial charge in [0.1, 0.15) is 5.82 Å². The third-order valence-electron chi connectivity index (χ3n) is 3.75. The standard InChI is InChI=1S/C19H30Cl2N4/c1-4-17(20)18(21)9-5-6-12-23-14-24-13-7-8-16-11-10-15(2)19(22-3)25-16/h5,9-11,23-24H,4,6-8,12-14H2,1-3H3,(H,22,25)/b9-5-,18-17-. The summed E-state index contributed by atoms with van der Waals surface area (Å²) in [7, 11) is 1.91. The fourth-order valence-corrected chi connectivity index (χ4v) is 2.54. The molecule has 0 atom stereocenters.